The summed E-state index contributed by atoms with van der Waals surface area (Å²) in [6, 6.07) is 7.25. The average molecular weight is 474 g/mol. The van der Waals surface area contributed by atoms with Crippen molar-refractivity contribution in [2.75, 3.05) is 26.0 Å². The zero-order valence-corrected chi connectivity index (χ0v) is 19.4. The van der Waals surface area contributed by atoms with Crippen LogP contribution in [0.3, 0.4) is 0 Å². The van der Waals surface area contributed by atoms with Gasteiger partial charge in [-0.1, -0.05) is 11.8 Å². The Hall–Kier alpha value is -2.85. The Labute approximate surface area is 192 Å². The van der Waals surface area contributed by atoms with E-state index in [-0.39, 0.29) is 23.8 Å². The number of esters is 1. The zero-order valence-electron chi connectivity index (χ0n) is 17.8. The minimum absolute atomic E-state index is 0.0110. The molecule has 32 heavy (non-hydrogen) atoms. The van der Waals surface area contributed by atoms with Crippen LogP contribution in [0.25, 0.3) is 15.9 Å². The van der Waals surface area contributed by atoms with Crippen LogP contribution in [0.15, 0.2) is 34.2 Å². The Bertz CT molecular complexity index is 1220. The Kier molecular flexibility index (Phi) is 6.80. The van der Waals surface area contributed by atoms with Crippen LogP contribution in [0.4, 0.5) is 0 Å². The van der Waals surface area contributed by atoms with Crippen LogP contribution in [0, 0.1) is 0 Å². The summed E-state index contributed by atoms with van der Waals surface area (Å²) >= 11 is 2.72. The Balaban J connectivity index is 1.70. The molecule has 10 heteroatoms. The van der Waals surface area contributed by atoms with E-state index in [1.165, 1.54) is 12.0 Å². The largest absolute Gasteiger partial charge is 0.494 e. The Morgan fingerprint density at radius 2 is 2.03 bits per heavy atom. The fourth-order valence-electron chi connectivity index (χ4n) is 3.63. The molecule has 0 radical (unpaired) electrons. The molecule has 2 heterocycles. The van der Waals surface area contributed by atoms with E-state index in [9.17, 15) is 14.4 Å². The third-order valence-corrected chi connectivity index (χ3v) is 7.23. The molecule has 0 aliphatic heterocycles. The van der Waals surface area contributed by atoms with E-state index < -0.39 is 5.97 Å². The van der Waals surface area contributed by atoms with Gasteiger partial charge in [0.25, 0.3) is 5.56 Å². The molecule has 3 aromatic rings. The van der Waals surface area contributed by atoms with Crippen molar-refractivity contribution in [2.45, 2.75) is 31.3 Å². The molecule has 1 aliphatic rings. The summed E-state index contributed by atoms with van der Waals surface area (Å²) in [7, 11) is 1.26. The Morgan fingerprint density at radius 3 is 2.75 bits per heavy atom. The number of amides is 1. The summed E-state index contributed by atoms with van der Waals surface area (Å²) in [5, 5.41) is 3.61. The summed E-state index contributed by atoms with van der Waals surface area (Å²) in [6.45, 7) is 2.26. The van der Waals surface area contributed by atoms with E-state index >= 15 is 0 Å². The number of fused-ring (bicyclic) bond motifs is 3. The predicted octanol–water partition coefficient (Wildman–Crippen LogP) is 2.72. The maximum absolute atomic E-state index is 13.6. The lowest BCUT2D eigenvalue weighted by atomic mass is 10.2. The van der Waals surface area contributed by atoms with Crippen molar-refractivity contribution in [3.63, 3.8) is 0 Å². The first-order valence-corrected chi connectivity index (χ1v) is 12.1. The monoisotopic (exact) mass is 473 g/mol. The van der Waals surface area contributed by atoms with Crippen molar-refractivity contribution in [3.05, 3.63) is 45.1 Å². The van der Waals surface area contributed by atoms with E-state index in [4.69, 9.17) is 9.72 Å². The summed E-state index contributed by atoms with van der Waals surface area (Å²) < 4.78 is 11.6. The molecule has 8 nitrogen and oxygen atoms in total. The van der Waals surface area contributed by atoms with E-state index in [1.807, 2.05) is 31.2 Å². The van der Waals surface area contributed by atoms with Gasteiger partial charge in [0.1, 0.15) is 17.1 Å². The summed E-state index contributed by atoms with van der Waals surface area (Å²) in [5.74, 6) is -0.146. The van der Waals surface area contributed by atoms with Gasteiger partial charge in [0.2, 0.25) is 5.91 Å². The quantitative estimate of drug-likeness (QED) is 0.305. The van der Waals surface area contributed by atoms with Crippen LogP contribution in [-0.4, -0.2) is 47.4 Å². The SMILES string of the molecule is CCOc1ccc(-n2c(SCC(=O)NCC(=O)OC)nc3sc4c(c3c2=O)CCC4)cc1. The summed E-state index contributed by atoms with van der Waals surface area (Å²) in [6.07, 6.45) is 2.91. The van der Waals surface area contributed by atoms with Gasteiger partial charge in [-0.25, -0.2) is 4.98 Å². The minimum Gasteiger partial charge on any atom is -0.494 e. The number of aryl methyl sites for hydroxylation is 2. The van der Waals surface area contributed by atoms with E-state index in [1.54, 1.807) is 15.9 Å². The number of carbonyl (C=O) groups excluding carboxylic acids is 2. The van der Waals surface area contributed by atoms with Gasteiger partial charge >= 0.3 is 5.97 Å². The van der Waals surface area contributed by atoms with E-state index in [0.29, 0.717) is 33.4 Å². The lowest BCUT2D eigenvalue weighted by molar-refractivity contribution is -0.140. The highest BCUT2D eigenvalue weighted by molar-refractivity contribution is 7.99. The van der Waals surface area contributed by atoms with Crippen molar-refractivity contribution in [3.8, 4) is 11.4 Å². The number of rotatable bonds is 8. The molecule has 4 rings (SSSR count). The van der Waals surface area contributed by atoms with Gasteiger partial charge in [0.15, 0.2) is 5.16 Å². The van der Waals surface area contributed by atoms with E-state index in [0.717, 1.165) is 36.6 Å². The molecule has 0 spiro atoms. The number of thioether (sulfide) groups is 1. The molecule has 1 N–H and O–H groups in total. The van der Waals surface area contributed by atoms with Crippen molar-refractivity contribution < 1.29 is 19.1 Å². The molecule has 0 saturated carbocycles. The van der Waals surface area contributed by atoms with Gasteiger partial charge in [-0.15, -0.1) is 11.3 Å². The van der Waals surface area contributed by atoms with Crippen LogP contribution >= 0.6 is 23.1 Å². The first-order valence-electron chi connectivity index (χ1n) is 10.3. The molecule has 168 valence electrons. The predicted molar refractivity (Wildman–Crippen MR) is 124 cm³/mol. The third-order valence-electron chi connectivity index (χ3n) is 5.10. The average Bonchev–Trinajstić information content (AvgIpc) is 3.38. The van der Waals surface area contributed by atoms with Gasteiger partial charge in [-0.05, 0) is 56.0 Å². The van der Waals surface area contributed by atoms with Gasteiger partial charge in [0.05, 0.1) is 30.5 Å². The van der Waals surface area contributed by atoms with Crippen LogP contribution in [0.5, 0.6) is 5.75 Å². The number of thiophene rings is 1. The molecule has 0 bridgehead atoms. The number of benzene rings is 1. The highest BCUT2D eigenvalue weighted by Gasteiger charge is 2.24. The van der Waals surface area contributed by atoms with Crippen molar-refractivity contribution in [1.29, 1.82) is 0 Å². The Morgan fingerprint density at radius 1 is 1.25 bits per heavy atom. The molecular weight excluding hydrogens is 450 g/mol. The number of nitrogens with zero attached hydrogens (tertiary/aromatic N) is 2. The van der Waals surface area contributed by atoms with Crippen molar-refractivity contribution in [1.82, 2.24) is 14.9 Å². The molecule has 1 aromatic carbocycles. The van der Waals surface area contributed by atoms with E-state index in [2.05, 4.69) is 10.1 Å². The first kappa shape index (κ1) is 22.3. The van der Waals surface area contributed by atoms with Crippen LogP contribution < -0.4 is 15.6 Å². The second kappa shape index (κ2) is 9.74. The number of hydrogen-bond donors (Lipinski definition) is 1. The van der Waals surface area contributed by atoms with Gasteiger partial charge in [-0.3, -0.25) is 19.0 Å². The van der Waals surface area contributed by atoms with Gasteiger partial charge < -0.3 is 14.8 Å². The fourth-order valence-corrected chi connectivity index (χ4v) is 5.78. The van der Waals surface area contributed by atoms with Gasteiger partial charge in [-0.2, -0.15) is 0 Å². The molecule has 0 atom stereocenters. The van der Waals surface area contributed by atoms with Crippen molar-refractivity contribution >= 4 is 45.2 Å². The second-order valence-electron chi connectivity index (χ2n) is 7.14. The molecule has 0 saturated heterocycles. The molecular formula is C22H23N3O5S2. The maximum Gasteiger partial charge on any atom is 0.325 e. The number of carbonyl (C=O) groups is 2. The maximum atomic E-state index is 13.6. The normalized spacial score (nSPS) is 12.6. The first-order chi connectivity index (χ1) is 15.5. The zero-order chi connectivity index (χ0) is 22.7. The smallest absolute Gasteiger partial charge is 0.325 e. The lowest BCUT2D eigenvalue weighted by Gasteiger charge is -2.13. The van der Waals surface area contributed by atoms with Crippen molar-refractivity contribution in [2.24, 2.45) is 0 Å². The third kappa shape index (κ3) is 4.51. The second-order valence-corrected chi connectivity index (χ2v) is 9.17. The molecule has 0 unspecified atom stereocenters. The molecule has 1 amide bonds. The van der Waals surface area contributed by atoms with Crippen LogP contribution in [0.1, 0.15) is 23.8 Å². The van der Waals surface area contributed by atoms with Crippen LogP contribution in [-0.2, 0) is 27.2 Å². The highest BCUT2D eigenvalue weighted by atomic mass is 32.2. The molecule has 2 aromatic heterocycles. The number of aromatic nitrogens is 2. The topological polar surface area (TPSA) is 99.5 Å². The minimum atomic E-state index is -0.526. The summed E-state index contributed by atoms with van der Waals surface area (Å²) in [5.41, 5.74) is 1.63. The standard InChI is InChI=1S/C22H23N3O5S2/c1-3-30-14-9-7-13(8-10-14)25-21(28)19-15-5-4-6-16(15)32-20(19)24-22(25)31-12-17(26)23-11-18(27)29-2/h7-10H,3-6,11-12H2,1-2H3,(H,23,26). The number of methoxy groups -OCH3 is 1. The number of hydrogen-bond acceptors (Lipinski definition) is 8. The molecule has 0 fully saturated rings. The van der Waals surface area contributed by atoms with Gasteiger partial charge in [0, 0.05) is 4.88 Å². The molecule has 1 aliphatic carbocycles. The highest BCUT2D eigenvalue weighted by Crippen LogP contribution is 2.36. The summed E-state index contributed by atoms with van der Waals surface area (Å²) in [4.78, 5) is 43.7. The number of nitrogens with one attached hydrogen (secondary N) is 1. The fraction of sp³-hybridized carbons (Fsp3) is 0.364. The van der Waals surface area contributed by atoms with Crippen LogP contribution in [0.2, 0.25) is 0 Å². The lowest BCUT2D eigenvalue weighted by Crippen LogP contribution is -2.31. The number of ether oxygens (including phenoxy) is 2.